The van der Waals surface area contributed by atoms with E-state index in [1.165, 1.54) is 6.07 Å². The molecule has 9 heteroatoms. The Morgan fingerprint density at radius 2 is 1.73 bits per heavy atom. The molecule has 0 saturated carbocycles. The number of hydrogen-bond donors (Lipinski definition) is 2. The zero-order valence-corrected chi connectivity index (χ0v) is 15.8. The Kier molecular flexibility index (Phi) is 4.28. The largest absolute Gasteiger partial charge is 0.433 e. The van der Waals surface area contributed by atoms with E-state index in [2.05, 4.69) is 15.4 Å². The van der Waals surface area contributed by atoms with E-state index in [0.717, 1.165) is 23.0 Å². The zero-order chi connectivity index (χ0) is 20.9. The number of rotatable bonds is 2. The van der Waals surface area contributed by atoms with Gasteiger partial charge in [0.1, 0.15) is 11.5 Å². The van der Waals surface area contributed by atoms with Crippen molar-refractivity contribution in [2.45, 2.75) is 6.18 Å². The summed E-state index contributed by atoms with van der Waals surface area (Å²) in [5, 5.41) is 6.93. The fourth-order valence-corrected chi connectivity index (χ4v) is 3.98. The van der Waals surface area contributed by atoms with Gasteiger partial charge in [0.2, 0.25) is 0 Å². The Bertz CT molecular complexity index is 1300. The van der Waals surface area contributed by atoms with Gasteiger partial charge in [-0.3, -0.25) is 9.89 Å². The lowest BCUT2D eigenvalue weighted by Crippen LogP contribution is -2.44. The quantitative estimate of drug-likeness (QED) is 0.530. The van der Waals surface area contributed by atoms with Crippen LogP contribution in [0.1, 0.15) is 5.69 Å². The van der Waals surface area contributed by atoms with Crippen LogP contribution in [-0.2, 0) is 6.18 Å². The maximum absolute atomic E-state index is 14.0. The first-order chi connectivity index (χ1) is 14.4. The highest BCUT2D eigenvalue weighted by atomic mass is 19.4. The normalized spacial score (nSPS) is 15.2. The van der Waals surface area contributed by atoms with Crippen LogP contribution in [0.15, 0.2) is 53.3 Å². The number of anilines is 1. The molecule has 0 radical (unpaired) electrons. The zero-order valence-electron chi connectivity index (χ0n) is 15.8. The molecule has 2 aromatic heterocycles. The molecular weight excluding hydrogens is 395 g/mol. The van der Waals surface area contributed by atoms with Crippen LogP contribution in [-0.4, -0.2) is 40.8 Å². The highest BCUT2D eigenvalue weighted by molar-refractivity contribution is 6.00. The van der Waals surface area contributed by atoms with E-state index in [9.17, 15) is 18.0 Å². The molecule has 2 N–H and O–H groups in total. The second kappa shape index (κ2) is 6.88. The predicted molar refractivity (Wildman–Crippen MR) is 109 cm³/mol. The van der Waals surface area contributed by atoms with Crippen molar-refractivity contribution in [3.63, 3.8) is 0 Å². The third-order valence-corrected chi connectivity index (χ3v) is 5.39. The van der Waals surface area contributed by atoms with Gasteiger partial charge in [-0.15, -0.1) is 0 Å². The first kappa shape index (κ1) is 18.7. The van der Waals surface area contributed by atoms with Crippen molar-refractivity contribution in [2.75, 3.05) is 31.1 Å². The number of nitrogens with zero attached hydrogens (tertiary/aromatic N) is 3. The summed E-state index contributed by atoms with van der Waals surface area (Å²) in [5.41, 5.74) is -1.33. The maximum Gasteiger partial charge on any atom is 0.433 e. The maximum atomic E-state index is 14.0. The number of fused-ring (bicyclic) bond motifs is 2. The number of halogens is 3. The number of hydrogen-bond acceptors (Lipinski definition) is 4. The number of benzene rings is 2. The summed E-state index contributed by atoms with van der Waals surface area (Å²) in [6, 6.07) is 13.7. The molecule has 0 aliphatic carbocycles. The van der Waals surface area contributed by atoms with Crippen LogP contribution < -0.4 is 15.8 Å². The van der Waals surface area contributed by atoms with Gasteiger partial charge in [0.05, 0.1) is 5.56 Å². The van der Waals surface area contributed by atoms with Crippen molar-refractivity contribution in [1.29, 1.82) is 0 Å². The summed E-state index contributed by atoms with van der Waals surface area (Å²) in [7, 11) is 0. The van der Waals surface area contributed by atoms with Crippen molar-refractivity contribution in [2.24, 2.45) is 0 Å². The van der Waals surface area contributed by atoms with Gasteiger partial charge < -0.3 is 10.2 Å². The monoisotopic (exact) mass is 413 g/mol. The lowest BCUT2D eigenvalue weighted by atomic mass is 9.98. The van der Waals surface area contributed by atoms with E-state index in [4.69, 9.17) is 0 Å². The van der Waals surface area contributed by atoms with E-state index >= 15 is 0 Å². The molecule has 6 nitrogen and oxygen atoms in total. The topological polar surface area (TPSA) is 65.4 Å². The Balaban J connectivity index is 1.84. The molecule has 2 aromatic carbocycles. The SMILES string of the molecule is O=c1cc(N2CCNCC2)nc2c(-c3cccc4ccccc34)c(C(F)(F)F)[nH]n12. The van der Waals surface area contributed by atoms with Crippen molar-refractivity contribution in [3.05, 3.63) is 64.6 Å². The van der Waals surface area contributed by atoms with Crippen LogP contribution >= 0.6 is 0 Å². The molecule has 154 valence electrons. The van der Waals surface area contributed by atoms with Gasteiger partial charge >= 0.3 is 6.18 Å². The highest BCUT2D eigenvalue weighted by Crippen LogP contribution is 2.40. The Hall–Kier alpha value is -3.33. The molecule has 0 bridgehead atoms. The average Bonchev–Trinajstić information content (AvgIpc) is 3.14. The average molecular weight is 413 g/mol. The van der Waals surface area contributed by atoms with Crippen molar-refractivity contribution < 1.29 is 13.2 Å². The van der Waals surface area contributed by atoms with Crippen LogP contribution in [0.5, 0.6) is 0 Å². The molecule has 0 unspecified atom stereocenters. The molecule has 1 fully saturated rings. The molecular formula is C21H18F3N5O. The minimum Gasteiger partial charge on any atom is -0.354 e. The van der Waals surface area contributed by atoms with Gasteiger partial charge in [-0.25, -0.2) is 9.50 Å². The Morgan fingerprint density at radius 3 is 2.50 bits per heavy atom. The predicted octanol–water partition coefficient (Wildman–Crippen LogP) is 3.27. The summed E-state index contributed by atoms with van der Waals surface area (Å²) in [6.07, 6.45) is -4.68. The van der Waals surface area contributed by atoms with E-state index in [1.807, 2.05) is 23.1 Å². The van der Waals surface area contributed by atoms with Crippen molar-refractivity contribution >= 4 is 22.2 Å². The van der Waals surface area contributed by atoms with Gasteiger partial charge in [-0.2, -0.15) is 13.2 Å². The second-order valence-corrected chi connectivity index (χ2v) is 7.23. The van der Waals surface area contributed by atoms with Gasteiger partial charge in [-0.1, -0.05) is 42.5 Å². The summed E-state index contributed by atoms with van der Waals surface area (Å²) >= 11 is 0. The Morgan fingerprint density at radius 1 is 1.00 bits per heavy atom. The van der Waals surface area contributed by atoms with E-state index in [-0.39, 0.29) is 11.2 Å². The van der Waals surface area contributed by atoms with Crippen LogP contribution in [0.4, 0.5) is 19.0 Å². The first-order valence-corrected chi connectivity index (χ1v) is 9.60. The number of nitrogens with one attached hydrogen (secondary N) is 2. The number of aromatic amines is 1. The fraction of sp³-hybridized carbons (Fsp3) is 0.238. The third kappa shape index (κ3) is 3.02. The minimum absolute atomic E-state index is 0.0280. The highest BCUT2D eigenvalue weighted by Gasteiger charge is 2.38. The standard InChI is InChI=1S/C21H18F3N5O/c22-21(23,24)19-18(15-7-3-5-13-4-1-2-6-14(13)15)20-26-16(12-17(30)29(20)27-19)28-10-8-25-9-11-28/h1-7,12,25,27H,8-11H2. The van der Waals surface area contributed by atoms with Gasteiger partial charge in [-0.05, 0) is 16.3 Å². The van der Waals surface area contributed by atoms with Crippen molar-refractivity contribution in [1.82, 2.24) is 19.9 Å². The molecule has 0 atom stereocenters. The minimum atomic E-state index is -4.68. The van der Waals surface area contributed by atoms with E-state index < -0.39 is 17.4 Å². The lowest BCUT2D eigenvalue weighted by molar-refractivity contribution is -0.140. The third-order valence-electron chi connectivity index (χ3n) is 5.39. The number of piperazine rings is 1. The summed E-state index contributed by atoms with van der Waals surface area (Å²) in [4.78, 5) is 19.1. The van der Waals surface area contributed by atoms with Crippen LogP contribution in [0.2, 0.25) is 0 Å². The summed E-state index contributed by atoms with van der Waals surface area (Å²) in [5.74, 6) is 0.385. The van der Waals surface area contributed by atoms with Gasteiger partial charge in [0.15, 0.2) is 5.65 Å². The summed E-state index contributed by atoms with van der Waals surface area (Å²) in [6.45, 7) is 2.70. The molecule has 1 saturated heterocycles. The molecule has 5 rings (SSSR count). The molecule has 3 heterocycles. The second-order valence-electron chi connectivity index (χ2n) is 7.23. The summed E-state index contributed by atoms with van der Waals surface area (Å²) < 4.78 is 42.8. The fourth-order valence-electron chi connectivity index (χ4n) is 3.98. The molecule has 0 amide bonds. The molecule has 1 aliphatic heterocycles. The molecule has 0 spiro atoms. The van der Waals surface area contributed by atoms with E-state index in [0.29, 0.717) is 29.9 Å². The smallest absolute Gasteiger partial charge is 0.354 e. The van der Waals surface area contributed by atoms with Crippen LogP contribution in [0, 0.1) is 0 Å². The van der Waals surface area contributed by atoms with Crippen LogP contribution in [0.25, 0.3) is 27.5 Å². The molecule has 1 aliphatic rings. The molecule has 30 heavy (non-hydrogen) atoms. The van der Waals surface area contributed by atoms with Gasteiger partial charge in [0.25, 0.3) is 5.56 Å². The van der Waals surface area contributed by atoms with Gasteiger partial charge in [0, 0.05) is 32.2 Å². The molecule has 4 aromatic rings. The first-order valence-electron chi connectivity index (χ1n) is 9.60. The van der Waals surface area contributed by atoms with E-state index in [1.54, 1.807) is 24.3 Å². The number of alkyl halides is 3. The van der Waals surface area contributed by atoms with Crippen molar-refractivity contribution in [3.8, 4) is 11.1 Å². The Labute approximate surface area is 168 Å². The lowest BCUT2D eigenvalue weighted by Gasteiger charge is -2.28. The number of aromatic nitrogens is 3. The number of H-pyrrole nitrogens is 1. The van der Waals surface area contributed by atoms with Crippen LogP contribution in [0.3, 0.4) is 0 Å².